The minimum absolute atomic E-state index is 0.103. The fraction of sp³-hybridized carbons (Fsp3) is 0.350. The fourth-order valence-corrected chi connectivity index (χ4v) is 5.28. The number of anilines is 1. The largest absolute Gasteiger partial charge is 0.383 e. The lowest BCUT2D eigenvalue weighted by molar-refractivity contribution is 0.0254. The van der Waals surface area contributed by atoms with Crippen LogP contribution in [-0.2, 0) is 17.8 Å². The molecule has 5 nitrogen and oxygen atoms in total. The Hall–Kier alpha value is -2.03. The molecule has 0 unspecified atom stereocenters. The van der Waals surface area contributed by atoms with Gasteiger partial charge >= 0.3 is 0 Å². The molecular weight excluding hydrogens is 397 g/mol. The van der Waals surface area contributed by atoms with Gasteiger partial charge < -0.3 is 10.5 Å². The predicted molar refractivity (Wildman–Crippen MR) is 110 cm³/mol. The number of aromatic nitrogens is 2. The van der Waals surface area contributed by atoms with E-state index in [4.69, 9.17) is 10.5 Å². The van der Waals surface area contributed by atoms with E-state index >= 15 is 0 Å². The Morgan fingerprint density at radius 1 is 1.36 bits per heavy atom. The zero-order valence-corrected chi connectivity index (χ0v) is 17.0. The number of ether oxygens (including phenoxy) is 1. The summed E-state index contributed by atoms with van der Waals surface area (Å²) in [5, 5.41) is 1.41. The van der Waals surface area contributed by atoms with Crippen molar-refractivity contribution in [3.63, 3.8) is 0 Å². The number of thiophene rings is 1. The second kappa shape index (κ2) is 8.14. The maximum Gasteiger partial charge on any atom is 0.191 e. The van der Waals surface area contributed by atoms with E-state index in [0.717, 1.165) is 34.4 Å². The van der Waals surface area contributed by atoms with Crippen molar-refractivity contribution in [1.29, 1.82) is 0 Å². The summed E-state index contributed by atoms with van der Waals surface area (Å²) in [6.45, 7) is 2.74. The van der Waals surface area contributed by atoms with E-state index in [9.17, 15) is 9.18 Å². The van der Waals surface area contributed by atoms with Crippen LogP contribution < -0.4 is 5.73 Å². The maximum absolute atomic E-state index is 13.0. The molecule has 1 aliphatic heterocycles. The molecule has 0 fully saturated rings. The second-order valence-electron chi connectivity index (χ2n) is 6.72. The molecule has 3 aromatic rings. The van der Waals surface area contributed by atoms with Crippen molar-refractivity contribution in [1.82, 2.24) is 9.97 Å². The molecule has 1 aromatic carbocycles. The minimum Gasteiger partial charge on any atom is -0.383 e. The van der Waals surface area contributed by atoms with Crippen molar-refractivity contribution < 1.29 is 13.9 Å². The van der Waals surface area contributed by atoms with Crippen LogP contribution in [0.3, 0.4) is 0 Å². The minimum atomic E-state index is -0.363. The first-order valence-corrected chi connectivity index (χ1v) is 11.0. The lowest BCUT2D eigenvalue weighted by atomic mass is 10.0. The fourth-order valence-electron chi connectivity index (χ4n) is 3.35. The molecule has 2 N–H and O–H groups in total. The summed E-state index contributed by atoms with van der Waals surface area (Å²) in [4.78, 5) is 23.3. The highest BCUT2D eigenvalue weighted by molar-refractivity contribution is 7.99. The van der Waals surface area contributed by atoms with Gasteiger partial charge in [-0.25, -0.2) is 14.4 Å². The predicted octanol–water partition coefficient (Wildman–Crippen LogP) is 4.63. The van der Waals surface area contributed by atoms with Crippen molar-refractivity contribution in [3.05, 3.63) is 46.1 Å². The third-order valence-corrected chi connectivity index (χ3v) is 6.68. The molecule has 146 valence electrons. The van der Waals surface area contributed by atoms with Gasteiger partial charge in [0.15, 0.2) is 10.9 Å². The van der Waals surface area contributed by atoms with Gasteiger partial charge in [-0.2, -0.15) is 0 Å². The molecule has 8 heteroatoms. The lowest BCUT2D eigenvalue weighted by Gasteiger charge is -2.22. The first-order chi connectivity index (χ1) is 13.5. The Labute approximate surface area is 170 Å². The number of hydrogen-bond acceptors (Lipinski definition) is 7. The zero-order chi connectivity index (χ0) is 19.7. The molecule has 0 amide bonds. The zero-order valence-electron chi connectivity index (χ0n) is 15.4. The van der Waals surface area contributed by atoms with Gasteiger partial charge in [0.1, 0.15) is 16.5 Å². The highest BCUT2D eigenvalue weighted by Gasteiger charge is 2.25. The molecule has 1 aliphatic rings. The monoisotopic (exact) mass is 417 g/mol. The third-order valence-electron chi connectivity index (χ3n) is 4.73. The van der Waals surface area contributed by atoms with Gasteiger partial charge in [-0.3, -0.25) is 4.79 Å². The van der Waals surface area contributed by atoms with E-state index < -0.39 is 0 Å². The number of nitrogens with zero attached hydrogens (tertiary/aromatic N) is 2. The summed E-state index contributed by atoms with van der Waals surface area (Å²) in [5.41, 5.74) is 7.93. The molecule has 0 spiro atoms. The van der Waals surface area contributed by atoms with E-state index in [1.54, 1.807) is 11.3 Å². The molecule has 0 radical (unpaired) electrons. The topological polar surface area (TPSA) is 78.1 Å². The van der Waals surface area contributed by atoms with Crippen molar-refractivity contribution in [2.75, 3.05) is 11.5 Å². The summed E-state index contributed by atoms with van der Waals surface area (Å²) in [7, 11) is 0. The third kappa shape index (κ3) is 3.90. The maximum atomic E-state index is 13.0. The summed E-state index contributed by atoms with van der Waals surface area (Å²) < 4.78 is 18.9. The van der Waals surface area contributed by atoms with E-state index in [1.807, 2.05) is 0 Å². The van der Waals surface area contributed by atoms with Crippen LogP contribution in [-0.4, -0.2) is 27.6 Å². The van der Waals surface area contributed by atoms with E-state index in [-0.39, 0.29) is 23.5 Å². The first kappa shape index (κ1) is 19.3. The van der Waals surface area contributed by atoms with Gasteiger partial charge in [-0.1, -0.05) is 25.1 Å². The molecule has 0 aliphatic carbocycles. The average molecular weight is 418 g/mol. The SMILES string of the molecule is CCC[C@@H]1Cc2c(sc3nc(SCC(=O)c4ccc(F)cc4)nc(N)c23)CO1. The smallest absolute Gasteiger partial charge is 0.191 e. The number of nitrogen functional groups attached to an aromatic ring is 1. The van der Waals surface area contributed by atoms with Crippen molar-refractivity contribution in [2.45, 2.75) is 44.1 Å². The number of ketones is 1. The molecular formula is C20H20FN3O2S2. The van der Waals surface area contributed by atoms with Crippen LogP contribution in [0, 0.1) is 5.82 Å². The lowest BCUT2D eigenvalue weighted by Crippen LogP contribution is -2.21. The number of rotatable bonds is 6. The van der Waals surface area contributed by atoms with Gasteiger partial charge in [0, 0.05) is 16.9 Å². The number of benzene rings is 1. The molecule has 3 heterocycles. The summed E-state index contributed by atoms with van der Waals surface area (Å²) in [6.07, 6.45) is 3.16. The standard InChI is InChI=1S/C20H20FN3O2S2/c1-2-3-13-8-14-16(9-26-13)28-19-17(14)18(22)23-20(24-19)27-10-15(25)11-4-6-12(21)7-5-11/h4-7,13H,2-3,8-10H2,1H3,(H2,22,23,24)/t13-/m1/s1. The number of thioether (sulfide) groups is 1. The quantitative estimate of drug-likeness (QED) is 0.358. The normalized spacial score (nSPS) is 16.3. The van der Waals surface area contributed by atoms with Gasteiger partial charge in [0.2, 0.25) is 0 Å². The van der Waals surface area contributed by atoms with Crippen LogP contribution in [0.5, 0.6) is 0 Å². The Morgan fingerprint density at radius 2 is 2.14 bits per heavy atom. The Balaban J connectivity index is 1.53. The first-order valence-electron chi connectivity index (χ1n) is 9.16. The van der Waals surface area contributed by atoms with E-state index in [0.29, 0.717) is 23.1 Å². The summed E-state index contributed by atoms with van der Waals surface area (Å²) in [6, 6.07) is 5.53. The molecule has 4 rings (SSSR count). The van der Waals surface area contributed by atoms with E-state index in [2.05, 4.69) is 16.9 Å². The number of carbonyl (C=O) groups is 1. The van der Waals surface area contributed by atoms with Crippen LogP contribution in [0.25, 0.3) is 10.2 Å². The summed E-state index contributed by atoms with van der Waals surface area (Å²) >= 11 is 2.83. The number of Topliss-reactive ketones (excluding diaryl/α,β-unsaturated/α-hetero) is 1. The van der Waals surface area contributed by atoms with Gasteiger partial charge in [0.25, 0.3) is 0 Å². The van der Waals surface area contributed by atoms with Crippen molar-refractivity contribution in [3.8, 4) is 0 Å². The molecule has 0 saturated carbocycles. The van der Waals surface area contributed by atoms with E-state index in [1.165, 1.54) is 41.6 Å². The van der Waals surface area contributed by atoms with Crippen LogP contribution in [0.2, 0.25) is 0 Å². The molecule has 28 heavy (non-hydrogen) atoms. The van der Waals surface area contributed by atoms with Gasteiger partial charge in [-0.05, 0) is 36.2 Å². The highest BCUT2D eigenvalue weighted by Crippen LogP contribution is 2.39. The number of nitrogens with two attached hydrogens (primary N) is 1. The van der Waals surface area contributed by atoms with Crippen LogP contribution in [0.15, 0.2) is 29.4 Å². The molecule has 0 bridgehead atoms. The van der Waals surface area contributed by atoms with Crippen molar-refractivity contribution >= 4 is 44.9 Å². The number of hydrogen-bond donors (Lipinski definition) is 1. The van der Waals surface area contributed by atoms with Crippen molar-refractivity contribution in [2.24, 2.45) is 0 Å². The number of carbonyl (C=O) groups excluding carboxylic acids is 1. The summed E-state index contributed by atoms with van der Waals surface area (Å²) in [5.74, 6) is 0.158. The van der Waals surface area contributed by atoms with Crippen LogP contribution >= 0.6 is 23.1 Å². The second-order valence-corrected chi connectivity index (χ2v) is 8.75. The molecule has 0 saturated heterocycles. The van der Waals surface area contributed by atoms with Gasteiger partial charge in [0.05, 0.1) is 23.8 Å². The average Bonchev–Trinajstić information content (AvgIpc) is 3.05. The van der Waals surface area contributed by atoms with Crippen LogP contribution in [0.4, 0.5) is 10.2 Å². The number of fused-ring (bicyclic) bond motifs is 3. The van der Waals surface area contributed by atoms with Crippen LogP contribution in [0.1, 0.15) is 40.6 Å². The van der Waals surface area contributed by atoms with Gasteiger partial charge in [-0.15, -0.1) is 11.3 Å². The highest BCUT2D eigenvalue weighted by atomic mass is 32.2. The molecule has 2 aromatic heterocycles. The molecule has 1 atom stereocenters. The Bertz CT molecular complexity index is 1020. The number of halogens is 1. The Morgan fingerprint density at radius 3 is 2.89 bits per heavy atom. The Kier molecular flexibility index (Phi) is 5.61.